The van der Waals surface area contributed by atoms with Gasteiger partial charge in [-0.3, -0.25) is 0 Å². The molecule has 1 aliphatic heterocycles. The lowest BCUT2D eigenvalue weighted by atomic mass is 10.0. The third-order valence-corrected chi connectivity index (χ3v) is 4.47. The Bertz CT molecular complexity index is 439. The topological polar surface area (TPSA) is 49.5 Å². The van der Waals surface area contributed by atoms with E-state index >= 15 is 0 Å². The van der Waals surface area contributed by atoms with Crippen LogP contribution in [0, 0.1) is 11.7 Å². The van der Waals surface area contributed by atoms with Crippen LogP contribution in [0.3, 0.4) is 0 Å². The zero-order valence-corrected chi connectivity index (χ0v) is 12.0. The highest BCUT2D eigenvalue weighted by Gasteiger charge is 2.28. The van der Waals surface area contributed by atoms with Crippen LogP contribution in [-0.4, -0.2) is 24.3 Å². The zero-order chi connectivity index (χ0) is 13.3. The number of rotatable bonds is 3. The molecule has 0 aliphatic carbocycles. The van der Waals surface area contributed by atoms with E-state index in [2.05, 4.69) is 15.9 Å². The second kappa shape index (κ2) is 5.55. The number of benzene rings is 1. The molecule has 0 radical (unpaired) electrons. The van der Waals surface area contributed by atoms with Crippen LogP contribution in [0.1, 0.15) is 18.9 Å². The molecule has 18 heavy (non-hydrogen) atoms. The van der Waals surface area contributed by atoms with Gasteiger partial charge in [-0.1, -0.05) is 6.07 Å². The molecule has 0 saturated carbocycles. The summed E-state index contributed by atoms with van der Waals surface area (Å²) in [4.78, 5) is 1.98. The molecule has 2 rings (SSSR count). The monoisotopic (exact) mass is 316 g/mol. The Balaban J connectivity index is 2.23. The lowest BCUT2D eigenvalue weighted by molar-refractivity contribution is 0.136. The lowest BCUT2D eigenvalue weighted by Crippen LogP contribution is -2.24. The van der Waals surface area contributed by atoms with Gasteiger partial charge in [0.2, 0.25) is 0 Å². The Labute approximate surface area is 115 Å². The second-order valence-electron chi connectivity index (χ2n) is 4.81. The average Bonchev–Trinajstić information content (AvgIpc) is 2.82. The third-order valence-electron chi connectivity index (χ3n) is 3.61. The second-order valence-corrected chi connectivity index (χ2v) is 5.60. The van der Waals surface area contributed by atoms with Gasteiger partial charge < -0.3 is 15.7 Å². The number of anilines is 1. The molecule has 0 amide bonds. The lowest BCUT2D eigenvalue weighted by Gasteiger charge is -2.21. The van der Waals surface area contributed by atoms with Crippen LogP contribution >= 0.6 is 15.9 Å². The van der Waals surface area contributed by atoms with Gasteiger partial charge in [0.15, 0.2) is 5.82 Å². The van der Waals surface area contributed by atoms with E-state index in [1.165, 1.54) is 0 Å². The van der Waals surface area contributed by atoms with Gasteiger partial charge in [0.1, 0.15) is 0 Å². The van der Waals surface area contributed by atoms with Gasteiger partial charge in [0.05, 0.1) is 16.3 Å². The minimum atomic E-state index is -0.343. The highest BCUT2D eigenvalue weighted by atomic mass is 79.9. The first-order chi connectivity index (χ1) is 8.54. The van der Waals surface area contributed by atoms with Gasteiger partial charge in [0.25, 0.3) is 0 Å². The third kappa shape index (κ3) is 2.53. The molecular weight excluding hydrogens is 299 g/mol. The first-order valence-corrected chi connectivity index (χ1v) is 6.93. The summed E-state index contributed by atoms with van der Waals surface area (Å²) in [5, 5.41) is 9.58. The number of hydrogen-bond donors (Lipinski definition) is 2. The predicted molar refractivity (Wildman–Crippen MR) is 74.0 cm³/mol. The molecule has 3 nitrogen and oxygen atoms in total. The van der Waals surface area contributed by atoms with Crippen LogP contribution in [0.2, 0.25) is 0 Å². The van der Waals surface area contributed by atoms with Gasteiger partial charge in [-0.15, -0.1) is 0 Å². The van der Waals surface area contributed by atoms with E-state index in [0.717, 1.165) is 18.5 Å². The Morgan fingerprint density at radius 2 is 2.33 bits per heavy atom. The van der Waals surface area contributed by atoms with E-state index in [1.807, 2.05) is 11.0 Å². The van der Waals surface area contributed by atoms with Crippen molar-refractivity contribution in [3.05, 3.63) is 28.0 Å². The number of hydrogen-bond acceptors (Lipinski definition) is 3. The summed E-state index contributed by atoms with van der Waals surface area (Å²) in [6, 6.07) is 3.62. The summed E-state index contributed by atoms with van der Waals surface area (Å²) in [6.45, 7) is 3.58. The Morgan fingerprint density at radius 1 is 1.61 bits per heavy atom. The van der Waals surface area contributed by atoms with Crippen molar-refractivity contribution in [3.63, 3.8) is 0 Å². The van der Waals surface area contributed by atoms with Gasteiger partial charge in [-0.25, -0.2) is 4.39 Å². The average molecular weight is 317 g/mol. The molecule has 2 atom stereocenters. The van der Waals surface area contributed by atoms with E-state index in [4.69, 9.17) is 5.73 Å². The summed E-state index contributed by atoms with van der Waals surface area (Å²) in [7, 11) is 0. The van der Waals surface area contributed by atoms with Crippen molar-refractivity contribution >= 4 is 21.6 Å². The summed E-state index contributed by atoms with van der Waals surface area (Å²) < 4.78 is 14.7. The SMILES string of the molecule is CC(O)C1CCN(c2ccc(CN)c(Br)c2F)C1. The van der Waals surface area contributed by atoms with Crippen molar-refractivity contribution in [2.75, 3.05) is 18.0 Å². The Kier molecular flexibility index (Phi) is 4.25. The van der Waals surface area contributed by atoms with Crippen molar-refractivity contribution < 1.29 is 9.50 Å². The molecule has 1 aromatic rings. The van der Waals surface area contributed by atoms with Crippen LogP contribution in [-0.2, 0) is 6.54 Å². The van der Waals surface area contributed by atoms with Crippen molar-refractivity contribution in [1.29, 1.82) is 0 Å². The molecule has 0 aromatic heterocycles. The van der Waals surface area contributed by atoms with E-state index in [-0.39, 0.29) is 17.8 Å². The fraction of sp³-hybridized carbons (Fsp3) is 0.538. The zero-order valence-electron chi connectivity index (χ0n) is 10.4. The van der Waals surface area contributed by atoms with Crippen LogP contribution in [0.25, 0.3) is 0 Å². The van der Waals surface area contributed by atoms with Crippen molar-refractivity contribution in [1.82, 2.24) is 0 Å². The summed E-state index contributed by atoms with van der Waals surface area (Å²) in [5.74, 6) is -0.0402. The van der Waals surface area contributed by atoms with Crippen LogP contribution in [0.4, 0.5) is 10.1 Å². The molecule has 1 saturated heterocycles. The van der Waals surface area contributed by atoms with Gasteiger partial charge in [0, 0.05) is 25.6 Å². The normalized spacial score (nSPS) is 21.4. The molecular formula is C13H18BrFN2O. The molecule has 1 aromatic carbocycles. The standard InChI is InChI=1S/C13H18BrFN2O/c1-8(18)10-4-5-17(7-10)11-3-2-9(6-16)12(14)13(11)15/h2-3,8,10,18H,4-7,16H2,1H3. The van der Waals surface area contributed by atoms with Crippen molar-refractivity contribution in [2.45, 2.75) is 26.0 Å². The summed E-state index contributed by atoms with van der Waals surface area (Å²) in [6.07, 6.45) is 0.553. The maximum absolute atomic E-state index is 14.2. The number of aliphatic hydroxyl groups is 1. The van der Waals surface area contributed by atoms with E-state index < -0.39 is 0 Å². The maximum atomic E-state index is 14.2. The Hall–Kier alpha value is -0.650. The van der Waals surface area contributed by atoms with Gasteiger partial charge in [-0.05, 0) is 40.9 Å². The first kappa shape index (κ1) is 13.8. The Morgan fingerprint density at radius 3 is 2.89 bits per heavy atom. The molecule has 5 heteroatoms. The van der Waals surface area contributed by atoms with E-state index in [9.17, 15) is 9.50 Å². The van der Waals surface area contributed by atoms with Crippen LogP contribution in [0.15, 0.2) is 16.6 Å². The first-order valence-electron chi connectivity index (χ1n) is 6.14. The molecule has 2 unspecified atom stereocenters. The molecule has 0 bridgehead atoms. The van der Waals surface area contributed by atoms with Crippen LogP contribution < -0.4 is 10.6 Å². The fourth-order valence-electron chi connectivity index (χ4n) is 2.38. The van der Waals surface area contributed by atoms with Gasteiger partial charge in [-0.2, -0.15) is 0 Å². The minimum absolute atomic E-state index is 0.220. The number of nitrogens with two attached hydrogens (primary N) is 1. The number of aliphatic hydroxyl groups excluding tert-OH is 1. The van der Waals surface area contributed by atoms with Gasteiger partial charge >= 0.3 is 0 Å². The fourth-order valence-corrected chi connectivity index (χ4v) is 2.88. The number of halogens is 2. The van der Waals surface area contributed by atoms with Crippen molar-refractivity contribution in [3.8, 4) is 0 Å². The summed E-state index contributed by atoms with van der Waals surface area (Å²) in [5.41, 5.74) is 6.89. The molecule has 100 valence electrons. The molecule has 1 fully saturated rings. The smallest absolute Gasteiger partial charge is 0.160 e. The van der Waals surface area contributed by atoms with E-state index in [0.29, 0.717) is 23.2 Å². The maximum Gasteiger partial charge on any atom is 0.160 e. The quantitative estimate of drug-likeness (QED) is 0.899. The molecule has 3 N–H and O–H groups in total. The molecule has 1 aliphatic rings. The summed E-state index contributed by atoms with van der Waals surface area (Å²) >= 11 is 3.25. The van der Waals surface area contributed by atoms with E-state index in [1.54, 1.807) is 13.0 Å². The highest BCUT2D eigenvalue weighted by Crippen LogP contribution is 2.33. The number of nitrogens with zero attached hydrogens (tertiary/aromatic N) is 1. The molecule has 0 spiro atoms. The largest absolute Gasteiger partial charge is 0.393 e. The molecule has 1 heterocycles. The van der Waals surface area contributed by atoms with Crippen LogP contribution in [0.5, 0.6) is 0 Å². The highest BCUT2D eigenvalue weighted by molar-refractivity contribution is 9.10. The van der Waals surface area contributed by atoms with Crippen molar-refractivity contribution in [2.24, 2.45) is 11.7 Å². The minimum Gasteiger partial charge on any atom is -0.393 e. The predicted octanol–water partition coefficient (Wildman–Crippen LogP) is 2.25.